The summed E-state index contributed by atoms with van der Waals surface area (Å²) in [6.07, 6.45) is 3.01. The third-order valence-corrected chi connectivity index (χ3v) is 8.17. The zero-order chi connectivity index (χ0) is 26.5. The second-order valence-electron chi connectivity index (χ2n) is 9.00. The van der Waals surface area contributed by atoms with E-state index in [0.29, 0.717) is 29.0 Å². The lowest BCUT2D eigenvalue weighted by Gasteiger charge is -2.11. The quantitative estimate of drug-likeness (QED) is 0.231. The number of amidine groups is 2. The summed E-state index contributed by atoms with van der Waals surface area (Å²) in [5.74, 6) is 0.160. The van der Waals surface area contributed by atoms with Gasteiger partial charge in [-0.25, -0.2) is 0 Å². The lowest BCUT2D eigenvalue weighted by Crippen LogP contribution is -2.33. The summed E-state index contributed by atoms with van der Waals surface area (Å²) in [5.41, 5.74) is 10.7. The summed E-state index contributed by atoms with van der Waals surface area (Å²) in [6.45, 7) is 0.582. The normalized spacial score (nSPS) is 21.4. The number of hydrogen-bond acceptors (Lipinski definition) is 9. The molecule has 5 N–H and O–H groups in total. The molecule has 12 heteroatoms. The molecule has 0 fully saturated rings. The van der Waals surface area contributed by atoms with Crippen LogP contribution in [0, 0.1) is 5.41 Å². The number of carbonyl (C=O) groups excluding carboxylic acids is 2. The van der Waals surface area contributed by atoms with Gasteiger partial charge in [0.05, 0.1) is 10.4 Å². The predicted octanol–water partition coefficient (Wildman–Crippen LogP) is 3.50. The molecule has 3 heterocycles. The Morgan fingerprint density at radius 3 is 2.47 bits per heavy atom. The van der Waals surface area contributed by atoms with Crippen LogP contribution in [0.1, 0.15) is 48.6 Å². The fourth-order valence-electron chi connectivity index (χ4n) is 4.44. The first-order chi connectivity index (χ1) is 18.5. The van der Waals surface area contributed by atoms with Crippen molar-refractivity contribution in [2.24, 2.45) is 15.8 Å². The van der Waals surface area contributed by atoms with Crippen molar-refractivity contribution in [3.8, 4) is 11.5 Å². The third kappa shape index (κ3) is 6.13. The van der Waals surface area contributed by atoms with E-state index in [0.717, 1.165) is 47.9 Å². The third-order valence-electron chi connectivity index (χ3n) is 6.38. The summed E-state index contributed by atoms with van der Waals surface area (Å²) >= 11 is 2.50. The SMILES string of the molecule is N=C(CCCCC1NN=C(NC(=O)C2COc3ccccc32)S1)SC(N)=NC(=O)C1COc2ccccc21. The van der Waals surface area contributed by atoms with Gasteiger partial charge in [-0.15, -0.1) is 0 Å². The minimum absolute atomic E-state index is 0.0556. The molecule has 0 radical (unpaired) electrons. The van der Waals surface area contributed by atoms with E-state index >= 15 is 0 Å². The van der Waals surface area contributed by atoms with E-state index in [-0.39, 0.29) is 34.9 Å². The topological polar surface area (TPSA) is 151 Å². The number of hydrazone groups is 1. The van der Waals surface area contributed by atoms with Crippen LogP contribution >= 0.6 is 23.5 Å². The van der Waals surface area contributed by atoms with E-state index in [1.807, 2.05) is 48.5 Å². The highest BCUT2D eigenvalue weighted by molar-refractivity contribution is 8.26. The van der Waals surface area contributed by atoms with Crippen LogP contribution in [-0.4, -0.2) is 45.8 Å². The molecule has 3 aliphatic heterocycles. The number of benzene rings is 2. The van der Waals surface area contributed by atoms with Crippen molar-refractivity contribution in [1.29, 1.82) is 5.41 Å². The standard InChI is InChI=1S/C26H28N6O4S2/c27-21(37-25(28)29-23(33)17-13-35-19-9-3-1-7-15(17)19)11-5-6-12-22-31-32-26(38-22)30-24(34)18-14-36-20-10-4-2-8-16(18)20/h1-4,7-10,17-18,22,27,31H,5-6,11-14H2,(H2,28,29,33)(H,30,32,34). The van der Waals surface area contributed by atoms with Gasteiger partial charge in [0.15, 0.2) is 10.3 Å². The number of amides is 2. The molecule has 2 aromatic rings. The van der Waals surface area contributed by atoms with Crippen LogP contribution in [-0.2, 0) is 9.59 Å². The summed E-state index contributed by atoms with van der Waals surface area (Å²) in [6, 6.07) is 15.0. The number of hydrogen-bond donors (Lipinski definition) is 4. The maximum atomic E-state index is 12.7. The number of nitrogens with two attached hydrogens (primary N) is 1. The number of ether oxygens (including phenoxy) is 2. The number of para-hydroxylation sites is 2. The molecule has 3 aliphatic rings. The van der Waals surface area contributed by atoms with Gasteiger partial charge in [-0.05, 0) is 43.2 Å². The Hall–Kier alpha value is -3.51. The van der Waals surface area contributed by atoms with Gasteiger partial charge in [-0.3, -0.25) is 20.4 Å². The van der Waals surface area contributed by atoms with Crippen molar-refractivity contribution < 1.29 is 19.1 Å². The average Bonchev–Trinajstić information content (AvgIpc) is 3.64. The predicted molar refractivity (Wildman–Crippen MR) is 150 cm³/mol. The van der Waals surface area contributed by atoms with E-state index in [9.17, 15) is 9.59 Å². The van der Waals surface area contributed by atoms with Gasteiger partial charge < -0.3 is 20.5 Å². The van der Waals surface area contributed by atoms with Gasteiger partial charge in [0.25, 0.3) is 5.91 Å². The van der Waals surface area contributed by atoms with Crippen molar-refractivity contribution >= 4 is 50.7 Å². The minimum atomic E-state index is -0.463. The molecule has 0 spiro atoms. The molecule has 0 saturated carbocycles. The Bertz CT molecular complexity index is 1300. The second-order valence-corrected chi connectivity index (χ2v) is 11.3. The van der Waals surface area contributed by atoms with Crippen LogP contribution in [0.15, 0.2) is 58.6 Å². The maximum Gasteiger partial charge on any atom is 0.259 e. The Balaban J connectivity index is 0.983. The molecule has 38 heavy (non-hydrogen) atoms. The summed E-state index contributed by atoms with van der Waals surface area (Å²) in [4.78, 5) is 29.2. The summed E-state index contributed by atoms with van der Waals surface area (Å²) in [7, 11) is 0. The lowest BCUT2D eigenvalue weighted by atomic mass is 10.0. The van der Waals surface area contributed by atoms with E-state index in [1.165, 1.54) is 11.8 Å². The molecule has 0 bridgehead atoms. The van der Waals surface area contributed by atoms with Crippen molar-refractivity contribution in [2.45, 2.75) is 42.9 Å². The first-order valence-electron chi connectivity index (χ1n) is 12.4. The van der Waals surface area contributed by atoms with E-state index in [1.54, 1.807) is 0 Å². The zero-order valence-electron chi connectivity index (χ0n) is 20.5. The molecule has 3 unspecified atom stereocenters. The van der Waals surface area contributed by atoms with E-state index in [4.69, 9.17) is 20.6 Å². The minimum Gasteiger partial charge on any atom is -0.492 e. The van der Waals surface area contributed by atoms with Crippen LogP contribution < -0.4 is 25.9 Å². The van der Waals surface area contributed by atoms with Crippen LogP contribution in [0.3, 0.4) is 0 Å². The number of aliphatic imine (C=N–C) groups is 1. The number of fused-ring (bicyclic) bond motifs is 2. The van der Waals surface area contributed by atoms with Crippen LogP contribution in [0.5, 0.6) is 11.5 Å². The monoisotopic (exact) mass is 552 g/mol. The number of unbranched alkanes of at least 4 members (excludes halogenated alkanes) is 1. The van der Waals surface area contributed by atoms with Crippen LogP contribution in [0.2, 0.25) is 0 Å². The van der Waals surface area contributed by atoms with Gasteiger partial charge in [0.2, 0.25) is 5.91 Å². The van der Waals surface area contributed by atoms with Gasteiger partial charge in [0, 0.05) is 11.1 Å². The zero-order valence-corrected chi connectivity index (χ0v) is 22.1. The summed E-state index contributed by atoms with van der Waals surface area (Å²) in [5, 5.41) is 16.4. The smallest absolute Gasteiger partial charge is 0.259 e. The van der Waals surface area contributed by atoms with Crippen molar-refractivity contribution in [2.75, 3.05) is 13.2 Å². The number of carbonyl (C=O) groups is 2. The highest BCUT2D eigenvalue weighted by Gasteiger charge is 2.32. The molecule has 2 aromatic carbocycles. The van der Waals surface area contributed by atoms with E-state index in [2.05, 4.69) is 20.8 Å². The van der Waals surface area contributed by atoms with Gasteiger partial charge >= 0.3 is 0 Å². The molecule has 0 saturated heterocycles. The Morgan fingerprint density at radius 2 is 1.74 bits per heavy atom. The molecule has 2 amide bonds. The molecule has 198 valence electrons. The summed E-state index contributed by atoms with van der Waals surface area (Å²) < 4.78 is 11.1. The largest absolute Gasteiger partial charge is 0.492 e. The Labute approximate surface area is 228 Å². The maximum absolute atomic E-state index is 12.7. The molecular formula is C26H28N6O4S2. The van der Waals surface area contributed by atoms with Gasteiger partial charge in [-0.2, -0.15) is 10.1 Å². The molecular weight excluding hydrogens is 524 g/mol. The highest BCUT2D eigenvalue weighted by Crippen LogP contribution is 2.35. The second kappa shape index (κ2) is 11.9. The average molecular weight is 553 g/mol. The van der Waals surface area contributed by atoms with Gasteiger partial charge in [-0.1, -0.05) is 54.6 Å². The Kier molecular flexibility index (Phi) is 8.18. The first kappa shape index (κ1) is 26.1. The molecule has 0 aromatic heterocycles. The molecule has 5 rings (SSSR count). The van der Waals surface area contributed by atoms with Crippen LogP contribution in [0.25, 0.3) is 0 Å². The number of rotatable bonds is 7. The van der Waals surface area contributed by atoms with Crippen molar-refractivity contribution in [3.63, 3.8) is 0 Å². The number of nitrogens with zero attached hydrogens (tertiary/aromatic N) is 2. The Morgan fingerprint density at radius 1 is 1.08 bits per heavy atom. The fourth-order valence-corrected chi connectivity index (χ4v) is 6.00. The van der Waals surface area contributed by atoms with E-state index < -0.39 is 5.92 Å². The molecule has 3 atom stereocenters. The first-order valence-corrected chi connectivity index (χ1v) is 14.0. The highest BCUT2D eigenvalue weighted by atomic mass is 32.2. The fraction of sp³-hybridized carbons (Fsp3) is 0.346. The lowest BCUT2D eigenvalue weighted by molar-refractivity contribution is -0.121. The number of thioether (sulfide) groups is 2. The molecule has 0 aliphatic carbocycles. The van der Waals surface area contributed by atoms with Crippen molar-refractivity contribution in [3.05, 3.63) is 59.7 Å². The van der Waals surface area contributed by atoms with Crippen molar-refractivity contribution in [1.82, 2.24) is 10.7 Å². The van der Waals surface area contributed by atoms with Gasteiger partial charge in [0.1, 0.15) is 36.5 Å². The van der Waals surface area contributed by atoms with Crippen LogP contribution in [0.4, 0.5) is 0 Å². The number of nitrogens with one attached hydrogen (secondary N) is 3. The molecule has 10 nitrogen and oxygen atoms in total.